The highest BCUT2D eigenvalue weighted by molar-refractivity contribution is 5.91. The molecule has 1 aliphatic rings. The van der Waals surface area contributed by atoms with E-state index in [1.54, 1.807) is 0 Å². The van der Waals surface area contributed by atoms with Crippen molar-refractivity contribution in [3.63, 3.8) is 0 Å². The van der Waals surface area contributed by atoms with E-state index in [2.05, 4.69) is 70.2 Å². The zero-order chi connectivity index (χ0) is 24.7. The van der Waals surface area contributed by atoms with Crippen LogP contribution >= 0.6 is 0 Å². The van der Waals surface area contributed by atoms with Crippen molar-refractivity contribution < 1.29 is 14.3 Å². The van der Waals surface area contributed by atoms with Crippen LogP contribution in [0.5, 0.6) is 5.75 Å². The highest BCUT2D eigenvalue weighted by atomic mass is 16.5. The Kier molecular flexibility index (Phi) is 8.99. The minimum Gasteiger partial charge on any atom is -0.493 e. The fraction of sp³-hybridized carbons (Fsp3) is 0.516. The highest BCUT2D eigenvalue weighted by Gasteiger charge is 2.21. The minimum atomic E-state index is -0.0727. The number of aryl methyl sites for hydroxylation is 1. The molecule has 0 aliphatic heterocycles. The summed E-state index contributed by atoms with van der Waals surface area (Å²) in [6.07, 6.45) is 8.17. The minimum absolute atomic E-state index is 0.00177. The topological polar surface area (TPSA) is 35.5 Å². The van der Waals surface area contributed by atoms with Gasteiger partial charge in [-0.1, -0.05) is 65.0 Å². The third-order valence-electron chi connectivity index (χ3n) is 6.86. The van der Waals surface area contributed by atoms with E-state index in [9.17, 15) is 4.79 Å². The first-order valence-electron chi connectivity index (χ1n) is 12.9. The van der Waals surface area contributed by atoms with Gasteiger partial charge in [0.1, 0.15) is 5.75 Å². The van der Waals surface area contributed by atoms with Crippen molar-refractivity contribution in [1.29, 1.82) is 0 Å². The molecule has 0 radical (unpaired) electrons. The molecular formula is C31H42O3. The van der Waals surface area contributed by atoms with Gasteiger partial charge in [-0.05, 0) is 90.8 Å². The van der Waals surface area contributed by atoms with Crippen molar-refractivity contribution in [3.8, 4) is 5.75 Å². The Hall–Kier alpha value is -2.55. The maximum absolute atomic E-state index is 11.7. The fourth-order valence-corrected chi connectivity index (χ4v) is 4.29. The van der Waals surface area contributed by atoms with Gasteiger partial charge in [-0.3, -0.25) is 4.79 Å². The Balaban J connectivity index is 1.52. The van der Waals surface area contributed by atoms with Gasteiger partial charge in [0.25, 0.3) is 0 Å². The molecular weight excluding hydrogens is 420 g/mol. The first-order chi connectivity index (χ1) is 16.2. The van der Waals surface area contributed by atoms with E-state index in [1.807, 2.05) is 13.8 Å². The third kappa shape index (κ3) is 6.74. The smallest absolute Gasteiger partial charge is 0.308 e. The Labute approximate surface area is 206 Å². The second-order valence-electron chi connectivity index (χ2n) is 10.7. The molecule has 1 aliphatic carbocycles. The van der Waals surface area contributed by atoms with Crippen LogP contribution in [-0.4, -0.2) is 19.2 Å². The van der Waals surface area contributed by atoms with Crippen LogP contribution in [0.1, 0.15) is 94.5 Å². The first kappa shape index (κ1) is 26.1. The zero-order valence-electron chi connectivity index (χ0n) is 22.0. The van der Waals surface area contributed by atoms with Crippen LogP contribution in [0.25, 0.3) is 11.6 Å². The van der Waals surface area contributed by atoms with Gasteiger partial charge in [-0.15, -0.1) is 0 Å². The van der Waals surface area contributed by atoms with E-state index >= 15 is 0 Å². The lowest BCUT2D eigenvalue weighted by Crippen LogP contribution is -2.14. The Bertz CT molecular complexity index is 1010. The van der Waals surface area contributed by atoms with Gasteiger partial charge in [0.15, 0.2) is 0 Å². The lowest BCUT2D eigenvalue weighted by atomic mass is 9.84. The van der Waals surface area contributed by atoms with Crippen LogP contribution in [0.4, 0.5) is 0 Å². The van der Waals surface area contributed by atoms with Crippen molar-refractivity contribution in [3.05, 3.63) is 64.2 Å². The molecule has 0 N–H and O–H groups in total. The molecule has 2 aromatic carbocycles. The molecule has 0 heterocycles. The number of unbranched alkanes of at least 4 members (excludes halogenated alkanes) is 3. The summed E-state index contributed by atoms with van der Waals surface area (Å²) in [5.41, 5.74) is 8.13. The quantitative estimate of drug-likeness (QED) is 0.251. The largest absolute Gasteiger partial charge is 0.493 e. The summed E-state index contributed by atoms with van der Waals surface area (Å²) in [5, 5.41) is 0. The molecule has 1 unspecified atom stereocenters. The molecule has 184 valence electrons. The van der Waals surface area contributed by atoms with Crippen LogP contribution in [0.2, 0.25) is 0 Å². The van der Waals surface area contributed by atoms with E-state index in [0.717, 1.165) is 44.3 Å². The third-order valence-corrected chi connectivity index (χ3v) is 6.86. The Morgan fingerprint density at radius 2 is 1.76 bits per heavy atom. The maximum atomic E-state index is 11.7. The van der Waals surface area contributed by atoms with E-state index in [-0.39, 0.29) is 17.3 Å². The summed E-state index contributed by atoms with van der Waals surface area (Å²) >= 11 is 0. The van der Waals surface area contributed by atoms with Crippen molar-refractivity contribution in [2.75, 3.05) is 13.2 Å². The molecule has 3 rings (SSSR count). The van der Waals surface area contributed by atoms with E-state index in [0.29, 0.717) is 13.2 Å². The number of benzene rings is 2. The summed E-state index contributed by atoms with van der Waals surface area (Å²) in [7, 11) is 0. The van der Waals surface area contributed by atoms with Crippen LogP contribution in [-0.2, 0) is 21.4 Å². The van der Waals surface area contributed by atoms with Gasteiger partial charge < -0.3 is 9.47 Å². The van der Waals surface area contributed by atoms with Crippen molar-refractivity contribution >= 4 is 17.6 Å². The number of rotatable bonds is 11. The number of fused-ring (bicyclic) bond motifs is 1. The van der Waals surface area contributed by atoms with E-state index in [1.165, 1.54) is 33.4 Å². The van der Waals surface area contributed by atoms with Crippen molar-refractivity contribution in [2.24, 2.45) is 5.92 Å². The maximum Gasteiger partial charge on any atom is 0.308 e. The molecule has 2 aromatic rings. The average molecular weight is 463 g/mol. The lowest BCUT2D eigenvalue weighted by molar-refractivity contribution is -0.148. The number of esters is 1. The molecule has 0 fully saturated rings. The Morgan fingerprint density at radius 1 is 1.03 bits per heavy atom. The van der Waals surface area contributed by atoms with Crippen LogP contribution in [0, 0.1) is 12.8 Å². The van der Waals surface area contributed by atoms with Crippen molar-refractivity contribution in [1.82, 2.24) is 0 Å². The van der Waals surface area contributed by atoms with Gasteiger partial charge in [0.05, 0.1) is 19.1 Å². The zero-order valence-corrected chi connectivity index (χ0v) is 22.0. The fourth-order valence-electron chi connectivity index (χ4n) is 4.29. The monoisotopic (exact) mass is 462 g/mol. The van der Waals surface area contributed by atoms with Gasteiger partial charge in [0.2, 0.25) is 0 Å². The molecule has 1 atom stereocenters. The summed E-state index contributed by atoms with van der Waals surface area (Å²) in [6, 6.07) is 13.3. The van der Waals surface area contributed by atoms with E-state index < -0.39 is 0 Å². The van der Waals surface area contributed by atoms with Gasteiger partial charge >= 0.3 is 5.97 Å². The Morgan fingerprint density at radius 3 is 2.47 bits per heavy atom. The number of hydrogen-bond donors (Lipinski definition) is 0. The van der Waals surface area contributed by atoms with Crippen LogP contribution in [0.15, 0.2) is 36.4 Å². The van der Waals surface area contributed by atoms with Gasteiger partial charge in [-0.2, -0.15) is 0 Å². The summed E-state index contributed by atoms with van der Waals surface area (Å²) in [5.74, 6) is 0.915. The number of carbonyl (C=O) groups is 1. The average Bonchev–Trinajstić information content (AvgIpc) is 3.24. The highest BCUT2D eigenvalue weighted by Crippen LogP contribution is 2.39. The number of hydrogen-bond acceptors (Lipinski definition) is 3. The van der Waals surface area contributed by atoms with Crippen LogP contribution in [0.3, 0.4) is 0 Å². The molecule has 0 bridgehead atoms. The molecule has 0 saturated carbocycles. The predicted molar refractivity (Wildman–Crippen MR) is 142 cm³/mol. The molecule has 0 amide bonds. The van der Waals surface area contributed by atoms with Crippen molar-refractivity contribution in [2.45, 2.75) is 85.5 Å². The second kappa shape index (κ2) is 11.7. The number of carbonyl (C=O) groups excluding carboxylic acids is 1. The van der Waals surface area contributed by atoms with Gasteiger partial charge in [0, 0.05) is 5.56 Å². The molecule has 0 saturated heterocycles. The molecule has 34 heavy (non-hydrogen) atoms. The molecule has 0 spiro atoms. The standard InChI is InChI=1S/C31H42O3/c1-7-22(2)30(32)34-18-11-9-8-10-17-33-29-14-12-13-24-19-25(20-28(24)29)27-21-26(31(4,5)6)16-15-23(27)3/h12-16,20-22H,7-11,17-19H2,1-6H3. The van der Waals surface area contributed by atoms with Gasteiger partial charge in [-0.25, -0.2) is 0 Å². The first-order valence-corrected chi connectivity index (χ1v) is 12.9. The van der Waals surface area contributed by atoms with E-state index in [4.69, 9.17) is 9.47 Å². The predicted octanol–water partition coefficient (Wildman–Crippen LogP) is 7.92. The second-order valence-corrected chi connectivity index (χ2v) is 10.7. The lowest BCUT2D eigenvalue weighted by Gasteiger charge is -2.21. The SMILES string of the molecule is CCC(C)C(=O)OCCCCCCOc1cccc2c1C=C(c1cc(C(C)(C)C)ccc1C)C2. The number of allylic oxidation sites excluding steroid dienone is 1. The summed E-state index contributed by atoms with van der Waals surface area (Å²) in [6.45, 7) is 14.2. The molecule has 3 nitrogen and oxygen atoms in total. The normalized spacial score (nSPS) is 13.9. The molecule has 3 heteroatoms. The number of ether oxygens (including phenoxy) is 2. The summed E-state index contributed by atoms with van der Waals surface area (Å²) < 4.78 is 11.5. The van der Waals surface area contributed by atoms with Crippen LogP contribution < -0.4 is 4.74 Å². The summed E-state index contributed by atoms with van der Waals surface area (Å²) in [4.78, 5) is 11.7. The molecule has 0 aromatic heterocycles.